The molecule has 16 heavy (non-hydrogen) atoms. The summed E-state index contributed by atoms with van der Waals surface area (Å²) < 4.78 is 0. The molecule has 3 nitrogen and oxygen atoms in total. The lowest BCUT2D eigenvalue weighted by Crippen LogP contribution is -1.99. The summed E-state index contributed by atoms with van der Waals surface area (Å²) in [5, 5.41) is 0. The van der Waals surface area contributed by atoms with E-state index in [1.54, 1.807) is 6.33 Å². The highest BCUT2D eigenvalue weighted by Gasteiger charge is 2.00. The topological polar surface area (TPSA) is 51.8 Å². The van der Waals surface area contributed by atoms with Crippen molar-refractivity contribution < 1.29 is 0 Å². The number of hydrogen-bond acceptors (Lipinski definition) is 3. The van der Waals surface area contributed by atoms with E-state index in [0.717, 1.165) is 29.9 Å². The molecule has 0 aliphatic heterocycles. The number of benzene rings is 1. The van der Waals surface area contributed by atoms with Gasteiger partial charge in [-0.2, -0.15) is 0 Å². The fourth-order valence-electron chi connectivity index (χ4n) is 1.67. The van der Waals surface area contributed by atoms with E-state index in [-0.39, 0.29) is 0 Å². The second-order valence-corrected chi connectivity index (χ2v) is 3.85. The number of nitrogens with two attached hydrogens (primary N) is 1. The summed E-state index contributed by atoms with van der Waals surface area (Å²) in [4.78, 5) is 8.31. The third-order valence-electron chi connectivity index (χ3n) is 2.57. The van der Waals surface area contributed by atoms with Crippen LogP contribution in [0.4, 0.5) is 5.69 Å². The lowest BCUT2D eigenvalue weighted by Gasteiger charge is -2.04. The molecule has 0 bridgehead atoms. The van der Waals surface area contributed by atoms with Crippen LogP contribution in [0.2, 0.25) is 0 Å². The molecular weight excluding hydrogens is 198 g/mol. The largest absolute Gasteiger partial charge is 0.399 e. The minimum Gasteiger partial charge on any atom is -0.399 e. The molecule has 1 aromatic carbocycles. The van der Waals surface area contributed by atoms with Crippen molar-refractivity contribution in [2.75, 3.05) is 5.73 Å². The molecule has 0 spiro atoms. The minimum absolute atomic E-state index is 0.855. The zero-order chi connectivity index (χ0) is 11.4. The van der Waals surface area contributed by atoms with Crippen LogP contribution in [0.3, 0.4) is 0 Å². The summed E-state index contributed by atoms with van der Waals surface area (Å²) in [5.41, 5.74) is 9.99. The third-order valence-corrected chi connectivity index (χ3v) is 2.57. The van der Waals surface area contributed by atoms with E-state index < -0.39 is 0 Å². The van der Waals surface area contributed by atoms with Gasteiger partial charge in [-0.15, -0.1) is 0 Å². The molecule has 0 amide bonds. The van der Waals surface area contributed by atoms with Crippen molar-refractivity contribution in [3.05, 3.63) is 53.6 Å². The summed E-state index contributed by atoms with van der Waals surface area (Å²) >= 11 is 0. The molecule has 0 atom stereocenters. The predicted molar refractivity (Wildman–Crippen MR) is 65.0 cm³/mol. The van der Waals surface area contributed by atoms with Crippen LogP contribution in [0.15, 0.2) is 36.7 Å². The zero-order valence-corrected chi connectivity index (χ0v) is 9.35. The first-order valence-corrected chi connectivity index (χ1v) is 5.36. The minimum atomic E-state index is 0.855. The lowest BCUT2D eigenvalue weighted by molar-refractivity contribution is 0.893. The van der Waals surface area contributed by atoms with E-state index in [1.807, 2.05) is 31.2 Å². The second-order valence-electron chi connectivity index (χ2n) is 3.85. The summed E-state index contributed by atoms with van der Waals surface area (Å²) in [7, 11) is 0. The number of hydrogen-bond donors (Lipinski definition) is 1. The number of aryl methyl sites for hydroxylation is 3. The fourth-order valence-corrected chi connectivity index (χ4v) is 1.67. The van der Waals surface area contributed by atoms with E-state index >= 15 is 0 Å². The van der Waals surface area contributed by atoms with Gasteiger partial charge in [-0.25, -0.2) is 9.97 Å². The SMILES string of the molecule is Cc1cc(CCc2ccccc2N)ncn1. The predicted octanol–water partition coefficient (Wildman–Crippen LogP) is 2.15. The van der Waals surface area contributed by atoms with Gasteiger partial charge in [0.25, 0.3) is 0 Å². The van der Waals surface area contributed by atoms with Gasteiger partial charge in [-0.1, -0.05) is 18.2 Å². The van der Waals surface area contributed by atoms with Crippen LogP contribution in [0.1, 0.15) is 17.0 Å². The van der Waals surface area contributed by atoms with Crippen LogP contribution >= 0.6 is 0 Å². The molecule has 2 rings (SSSR count). The molecule has 3 heteroatoms. The zero-order valence-electron chi connectivity index (χ0n) is 9.35. The maximum atomic E-state index is 5.88. The van der Waals surface area contributed by atoms with E-state index in [4.69, 9.17) is 5.73 Å². The molecule has 82 valence electrons. The van der Waals surface area contributed by atoms with Crippen molar-refractivity contribution in [1.29, 1.82) is 0 Å². The van der Waals surface area contributed by atoms with Gasteiger partial charge in [0.1, 0.15) is 6.33 Å². The molecule has 0 aliphatic carbocycles. The molecule has 0 unspecified atom stereocenters. The Morgan fingerprint density at radius 1 is 1.12 bits per heavy atom. The Balaban J connectivity index is 2.05. The Hall–Kier alpha value is -1.90. The Bertz CT molecular complexity index is 480. The molecule has 2 aromatic rings. The van der Waals surface area contributed by atoms with Crippen molar-refractivity contribution in [3.8, 4) is 0 Å². The van der Waals surface area contributed by atoms with Crippen LogP contribution in [0.5, 0.6) is 0 Å². The molecule has 2 N–H and O–H groups in total. The van der Waals surface area contributed by atoms with Gasteiger partial charge in [0, 0.05) is 17.1 Å². The number of nitrogens with zero attached hydrogens (tertiary/aromatic N) is 2. The average molecular weight is 213 g/mol. The highest BCUT2D eigenvalue weighted by atomic mass is 14.8. The van der Waals surface area contributed by atoms with Gasteiger partial charge in [0.05, 0.1) is 0 Å². The molecule has 0 saturated heterocycles. The number of para-hydroxylation sites is 1. The number of aromatic nitrogens is 2. The van der Waals surface area contributed by atoms with Gasteiger partial charge in [-0.05, 0) is 37.5 Å². The molecule has 1 heterocycles. The monoisotopic (exact) mass is 213 g/mol. The number of nitrogen functional groups attached to an aromatic ring is 1. The maximum absolute atomic E-state index is 5.88. The summed E-state index contributed by atoms with van der Waals surface area (Å²) in [6.45, 7) is 1.97. The molecule has 0 fully saturated rings. The Morgan fingerprint density at radius 3 is 2.69 bits per heavy atom. The first-order chi connectivity index (χ1) is 7.75. The maximum Gasteiger partial charge on any atom is 0.115 e. The highest BCUT2D eigenvalue weighted by Crippen LogP contribution is 2.13. The molecule has 0 radical (unpaired) electrons. The van der Waals surface area contributed by atoms with Crippen molar-refractivity contribution >= 4 is 5.69 Å². The number of rotatable bonds is 3. The Labute approximate surface area is 95.4 Å². The van der Waals surface area contributed by atoms with E-state index in [2.05, 4.69) is 16.0 Å². The van der Waals surface area contributed by atoms with Crippen molar-refractivity contribution in [1.82, 2.24) is 9.97 Å². The molecule has 0 saturated carbocycles. The molecular formula is C13H15N3. The smallest absolute Gasteiger partial charge is 0.115 e. The van der Waals surface area contributed by atoms with E-state index in [9.17, 15) is 0 Å². The fraction of sp³-hybridized carbons (Fsp3) is 0.231. The van der Waals surface area contributed by atoms with Crippen LogP contribution in [-0.2, 0) is 12.8 Å². The molecule has 0 aliphatic rings. The standard InChI is InChI=1S/C13H15N3/c1-10-8-12(16-9-15-10)7-6-11-4-2-3-5-13(11)14/h2-5,8-9H,6-7,14H2,1H3. The third kappa shape index (κ3) is 2.57. The van der Waals surface area contributed by atoms with E-state index in [1.165, 1.54) is 5.56 Å². The van der Waals surface area contributed by atoms with Gasteiger partial charge in [-0.3, -0.25) is 0 Å². The van der Waals surface area contributed by atoms with Crippen molar-refractivity contribution in [2.24, 2.45) is 0 Å². The summed E-state index contributed by atoms with van der Waals surface area (Å²) in [5.74, 6) is 0. The highest BCUT2D eigenvalue weighted by molar-refractivity contribution is 5.46. The van der Waals surface area contributed by atoms with Crippen LogP contribution in [0.25, 0.3) is 0 Å². The van der Waals surface area contributed by atoms with Crippen LogP contribution in [-0.4, -0.2) is 9.97 Å². The van der Waals surface area contributed by atoms with Crippen molar-refractivity contribution in [2.45, 2.75) is 19.8 Å². The normalized spacial score (nSPS) is 10.3. The van der Waals surface area contributed by atoms with Gasteiger partial charge < -0.3 is 5.73 Å². The first-order valence-electron chi connectivity index (χ1n) is 5.36. The quantitative estimate of drug-likeness (QED) is 0.795. The first kappa shape index (κ1) is 10.6. The summed E-state index contributed by atoms with van der Waals surface area (Å²) in [6, 6.07) is 9.97. The lowest BCUT2D eigenvalue weighted by atomic mass is 10.1. The van der Waals surface area contributed by atoms with Gasteiger partial charge >= 0.3 is 0 Å². The van der Waals surface area contributed by atoms with Crippen LogP contribution < -0.4 is 5.73 Å². The van der Waals surface area contributed by atoms with Crippen LogP contribution in [0, 0.1) is 6.92 Å². The molecule has 1 aromatic heterocycles. The average Bonchev–Trinajstić information content (AvgIpc) is 2.28. The van der Waals surface area contributed by atoms with Gasteiger partial charge in [0.2, 0.25) is 0 Å². The second kappa shape index (κ2) is 4.75. The Morgan fingerprint density at radius 2 is 1.94 bits per heavy atom. The Kier molecular flexibility index (Phi) is 3.15. The van der Waals surface area contributed by atoms with Gasteiger partial charge in [0.15, 0.2) is 0 Å². The number of anilines is 1. The van der Waals surface area contributed by atoms with E-state index in [0.29, 0.717) is 0 Å². The van der Waals surface area contributed by atoms with Crippen molar-refractivity contribution in [3.63, 3.8) is 0 Å². The summed E-state index contributed by atoms with van der Waals surface area (Å²) in [6.07, 6.45) is 3.43.